The summed E-state index contributed by atoms with van der Waals surface area (Å²) in [5.74, 6) is 0.723. The van der Waals surface area contributed by atoms with Crippen LogP contribution in [0.4, 0.5) is 0 Å². The average Bonchev–Trinajstić information content (AvgIpc) is 3.09. The molecule has 0 saturated carbocycles. The number of aromatic nitrogens is 1. The maximum atomic E-state index is 12.9. The normalized spacial score (nSPS) is 12.3. The van der Waals surface area contributed by atoms with Crippen LogP contribution in [0.5, 0.6) is 5.75 Å². The van der Waals surface area contributed by atoms with Crippen LogP contribution in [-0.4, -0.2) is 28.3 Å². The molecule has 1 atom stereocenters. The minimum Gasteiger partial charge on any atom is -0.488 e. The fourth-order valence-corrected chi connectivity index (χ4v) is 3.22. The van der Waals surface area contributed by atoms with Crippen molar-refractivity contribution in [1.29, 1.82) is 0 Å². The number of carbonyl (C=O) groups is 1. The Morgan fingerprint density at radius 2 is 1.87 bits per heavy atom. The quantitative estimate of drug-likeness (QED) is 0.298. The summed E-state index contributed by atoms with van der Waals surface area (Å²) in [5, 5.41) is 8.53. The molecule has 5 heteroatoms. The van der Waals surface area contributed by atoms with E-state index in [1.165, 1.54) is 0 Å². The zero-order valence-corrected chi connectivity index (χ0v) is 17.5. The fourth-order valence-electron chi connectivity index (χ4n) is 3.22. The van der Waals surface area contributed by atoms with Crippen molar-refractivity contribution in [2.24, 2.45) is 0 Å². The van der Waals surface area contributed by atoms with Crippen LogP contribution >= 0.6 is 0 Å². The van der Waals surface area contributed by atoms with Crippen molar-refractivity contribution in [2.45, 2.75) is 33.4 Å². The molecular weight excluding hydrogens is 378 g/mol. The molecule has 3 rings (SSSR count). The van der Waals surface area contributed by atoms with E-state index in [1.54, 1.807) is 0 Å². The fraction of sp³-hybridized carbons (Fsp3) is 0.240. The van der Waals surface area contributed by atoms with E-state index >= 15 is 0 Å². The molecular formula is C25H27NO4. The van der Waals surface area contributed by atoms with Gasteiger partial charge in [0.05, 0.1) is 5.69 Å². The van der Waals surface area contributed by atoms with Crippen molar-refractivity contribution in [3.05, 3.63) is 94.8 Å². The predicted molar refractivity (Wildman–Crippen MR) is 118 cm³/mol. The summed E-state index contributed by atoms with van der Waals surface area (Å²) in [6.45, 7) is 6.52. The third-order valence-corrected chi connectivity index (χ3v) is 4.85. The highest BCUT2D eigenvalue weighted by Crippen LogP contribution is 2.18. The molecule has 1 aromatic heterocycles. The predicted octanol–water partition coefficient (Wildman–Crippen LogP) is 5.31. The smallest absolute Gasteiger partial charge is 0.209 e. The van der Waals surface area contributed by atoms with Gasteiger partial charge in [-0.25, -0.2) is 4.89 Å². The number of aryl methyl sites for hydroxylation is 2. The Labute approximate surface area is 177 Å². The van der Waals surface area contributed by atoms with Crippen LogP contribution < -0.4 is 4.74 Å². The Kier molecular flexibility index (Phi) is 7.22. The van der Waals surface area contributed by atoms with Crippen LogP contribution in [0, 0.1) is 13.8 Å². The maximum absolute atomic E-state index is 12.9. The Morgan fingerprint density at radius 3 is 2.60 bits per heavy atom. The first-order chi connectivity index (χ1) is 14.5. The number of ketones is 1. The molecule has 30 heavy (non-hydrogen) atoms. The second-order valence-corrected chi connectivity index (χ2v) is 7.36. The second kappa shape index (κ2) is 10.1. The zero-order valence-electron chi connectivity index (χ0n) is 17.5. The topological polar surface area (TPSA) is 60.7 Å². The molecule has 0 fully saturated rings. The number of hydrogen-bond donors (Lipinski definition) is 1. The summed E-state index contributed by atoms with van der Waals surface area (Å²) >= 11 is 0. The van der Waals surface area contributed by atoms with Crippen LogP contribution in [0.2, 0.25) is 0 Å². The van der Waals surface area contributed by atoms with E-state index in [0.717, 1.165) is 16.8 Å². The van der Waals surface area contributed by atoms with Gasteiger partial charge >= 0.3 is 0 Å². The third kappa shape index (κ3) is 5.47. The van der Waals surface area contributed by atoms with Gasteiger partial charge in [-0.15, -0.1) is 0 Å². The van der Waals surface area contributed by atoms with Crippen LogP contribution in [0.1, 0.15) is 39.8 Å². The largest absolute Gasteiger partial charge is 0.488 e. The van der Waals surface area contributed by atoms with Crippen molar-refractivity contribution in [1.82, 2.24) is 4.57 Å². The van der Waals surface area contributed by atoms with Gasteiger partial charge < -0.3 is 9.30 Å². The zero-order chi connectivity index (χ0) is 21.5. The first-order valence-corrected chi connectivity index (χ1v) is 9.95. The summed E-state index contributed by atoms with van der Waals surface area (Å²) in [7, 11) is 0. The lowest BCUT2D eigenvalue weighted by molar-refractivity contribution is -0.253. The second-order valence-electron chi connectivity index (χ2n) is 7.36. The van der Waals surface area contributed by atoms with Gasteiger partial charge in [0, 0.05) is 17.8 Å². The Hall–Kier alpha value is -3.15. The highest BCUT2D eigenvalue weighted by atomic mass is 17.1. The molecule has 0 amide bonds. The number of nitrogens with zero attached hydrogens (tertiary/aromatic N) is 1. The molecule has 1 N–H and O–H groups in total. The number of rotatable bonds is 9. The molecule has 156 valence electrons. The van der Waals surface area contributed by atoms with E-state index in [1.807, 2.05) is 98.2 Å². The monoisotopic (exact) mass is 405 g/mol. The molecule has 0 aliphatic carbocycles. The van der Waals surface area contributed by atoms with E-state index in [9.17, 15) is 4.79 Å². The molecule has 0 radical (unpaired) electrons. The van der Waals surface area contributed by atoms with Gasteiger partial charge in [-0.3, -0.25) is 10.1 Å². The number of allylic oxidation sites excluding steroid dienone is 1. The maximum Gasteiger partial charge on any atom is 0.209 e. The highest BCUT2D eigenvalue weighted by molar-refractivity contribution is 6.08. The molecule has 0 aliphatic heterocycles. The summed E-state index contributed by atoms with van der Waals surface area (Å²) in [6.07, 6.45) is 3.77. The molecule has 3 aromatic rings. The number of benzene rings is 2. The Balaban J connectivity index is 1.72. The van der Waals surface area contributed by atoms with Crippen molar-refractivity contribution >= 4 is 11.9 Å². The van der Waals surface area contributed by atoms with Gasteiger partial charge in [0.2, 0.25) is 5.78 Å². The highest BCUT2D eigenvalue weighted by Gasteiger charge is 2.14. The Morgan fingerprint density at radius 1 is 1.10 bits per heavy atom. The molecule has 0 aliphatic rings. The van der Waals surface area contributed by atoms with Crippen molar-refractivity contribution in [2.75, 3.05) is 6.61 Å². The van der Waals surface area contributed by atoms with Crippen LogP contribution in [-0.2, 0) is 11.4 Å². The van der Waals surface area contributed by atoms with Crippen molar-refractivity contribution in [3.8, 4) is 5.75 Å². The number of ether oxygens (including phenoxy) is 1. The molecule has 2 aromatic carbocycles. The molecule has 0 unspecified atom stereocenters. The molecule has 1 heterocycles. The SMILES string of the molecule is Cc1ccc(C(=O)c2ccc(C)n2C/C=C/c2cccc(O[C@@H](C)COO)c2)cc1. The molecule has 0 saturated heterocycles. The van der Waals surface area contributed by atoms with Gasteiger partial charge in [-0.2, -0.15) is 0 Å². The van der Waals surface area contributed by atoms with E-state index in [-0.39, 0.29) is 18.5 Å². The minimum atomic E-state index is -0.257. The number of carbonyl (C=O) groups excluding carboxylic acids is 1. The van der Waals surface area contributed by atoms with Gasteiger partial charge in [-0.05, 0) is 50.6 Å². The van der Waals surface area contributed by atoms with Crippen LogP contribution in [0.15, 0.2) is 66.7 Å². The standard InChI is InChI=1S/C25H27NO4/c1-18-9-12-22(13-10-18)25(27)24-14-11-19(2)26(24)15-5-7-21-6-4-8-23(16-21)30-20(3)17-29-28/h4-14,16,20,28H,15,17H2,1-3H3/b7-5+/t20-/m0/s1. The van der Waals surface area contributed by atoms with Crippen LogP contribution in [0.25, 0.3) is 6.08 Å². The lowest BCUT2D eigenvalue weighted by Crippen LogP contribution is -2.18. The molecule has 5 nitrogen and oxygen atoms in total. The Bertz CT molecular complexity index is 1020. The van der Waals surface area contributed by atoms with E-state index in [0.29, 0.717) is 23.6 Å². The molecule has 0 spiro atoms. The first-order valence-electron chi connectivity index (χ1n) is 9.95. The van der Waals surface area contributed by atoms with Gasteiger partial charge in [0.1, 0.15) is 18.5 Å². The molecule has 0 bridgehead atoms. The third-order valence-electron chi connectivity index (χ3n) is 4.85. The van der Waals surface area contributed by atoms with Gasteiger partial charge in [0.25, 0.3) is 0 Å². The summed E-state index contributed by atoms with van der Waals surface area (Å²) in [4.78, 5) is 17.1. The van der Waals surface area contributed by atoms with E-state index < -0.39 is 0 Å². The van der Waals surface area contributed by atoms with E-state index in [4.69, 9.17) is 9.99 Å². The average molecular weight is 405 g/mol. The van der Waals surface area contributed by atoms with Gasteiger partial charge in [-0.1, -0.05) is 54.1 Å². The lowest BCUT2D eigenvalue weighted by Gasteiger charge is -2.13. The summed E-state index contributed by atoms with van der Waals surface area (Å²) in [6, 6.07) is 19.2. The summed E-state index contributed by atoms with van der Waals surface area (Å²) < 4.78 is 7.72. The van der Waals surface area contributed by atoms with Crippen molar-refractivity contribution in [3.63, 3.8) is 0 Å². The summed E-state index contributed by atoms with van der Waals surface area (Å²) in [5.41, 5.74) is 4.52. The first kappa shape index (κ1) is 21.6. The van der Waals surface area contributed by atoms with Crippen LogP contribution in [0.3, 0.4) is 0 Å². The lowest BCUT2D eigenvalue weighted by atomic mass is 10.1. The number of hydrogen-bond acceptors (Lipinski definition) is 4. The van der Waals surface area contributed by atoms with E-state index in [2.05, 4.69) is 4.89 Å². The van der Waals surface area contributed by atoms with Gasteiger partial charge in [0.15, 0.2) is 0 Å². The minimum absolute atomic E-state index is 0.0204. The van der Waals surface area contributed by atoms with Crippen molar-refractivity contribution < 1.29 is 19.7 Å².